The van der Waals surface area contributed by atoms with Crippen LogP contribution in [0.5, 0.6) is 0 Å². The van der Waals surface area contributed by atoms with Crippen molar-refractivity contribution in [3.8, 4) is 0 Å². The number of carbonyl (C=O) groups excluding carboxylic acids is 1. The van der Waals surface area contributed by atoms with Gasteiger partial charge in [0, 0.05) is 0 Å². The van der Waals surface area contributed by atoms with E-state index in [1.807, 2.05) is 30.3 Å². The van der Waals surface area contributed by atoms with Crippen molar-refractivity contribution in [2.75, 3.05) is 0 Å². The molecule has 20 heavy (non-hydrogen) atoms. The number of carbonyl (C=O) groups is 1. The second-order valence-electron chi connectivity index (χ2n) is 4.63. The zero-order chi connectivity index (χ0) is 14.4. The van der Waals surface area contributed by atoms with Gasteiger partial charge < -0.3 is 0 Å². The summed E-state index contributed by atoms with van der Waals surface area (Å²) in [6.45, 7) is 3.52. The van der Waals surface area contributed by atoms with Crippen molar-refractivity contribution < 1.29 is 9.53 Å². The predicted octanol–water partition coefficient (Wildman–Crippen LogP) is 3.05. The molecule has 2 rings (SSSR count). The van der Waals surface area contributed by atoms with Gasteiger partial charge in [-0.25, -0.2) is 0 Å². The zero-order valence-electron chi connectivity index (χ0n) is 11.7. The topological polar surface area (TPSA) is 26.3 Å². The van der Waals surface area contributed by atoms with Crippen molar-refractivity contribution in [2.45, 2.75) is 25.3 Å². The summed E-state index contributed by atoms with van der Waals surface area (Å²) in [6.07, 6.45) is -0.145. The van der Waals surface area contributed by atoms with Crippen LogP contribution in [-0.4, -0.2) is 20.9 Å². The Morgan fingerprint density at radius 3 is 2.35 bits per heavy atom. The Labute approximate surface area is 126 Å². The average Bonchev–Trinajstić information content (AvgIpc) is 2.45. The minimum atomic E-state index is -0.223. The standard InChI is InChI=1S/C17H18O2Se/c1-13-8-10-15(11-9-13)17(19-14(2)18)12-20-16-6-4-3-5-7-16/h3-11,17H,12H2,1-2H3. The Morgan fingerprint density at radius 1 is 1.10 bits per heavy atom. The molecule has 2 aromatic rings. The molecule has 0 heterocycles. The van der Waals surface area contributed by atoms with Gasteiger partial charge in [-0.05, 0) is 0 Å². The van der Waals surface area contributed by atoms with Gasteiger partial charge in [0.1, 0.15) is 0 Å². The molecule has 0 spiro atoms. The number of ether oxygens (including phenoxy) is 1. The molecule has 0 N–H and O–H groups in total. The van der Waals surface area contributed by atoms with Crippen molar-refractivity contribution in [3.63, 3.8) is 0 Å². The first-order chi connectivity index (χ1) is 9.65. The fraction of sp³-hybridized carbons (Fsp3) is 0.235. The molecule has 0 fully saturated rings. The molecule has 0 aliphatic rings. The second kappa shape index (κ2) is 7.28. The van der Waals surface area contributed by atoms with Gasteiger partial charge in [0.15, 0.2) is 0 Å². The number of benzene rings is 2. The Hall–Kier alpha value is -1.57. The minimum absolute atomic E-state index is 0.145. The van der Waals surface area contributed by atoms with Crippen LogP contribution in [0.15, 0.2) is 54.6 Å². The van der Waals surface area contributed by atoms with E-state index in [0.29, 0.717) is 15.0 Å². The molecular weight excluding hydrogens is 315 g/mol. The summed E-state index contributed by atoms with van der Waals surface area (Å²) in [6, 6.07) is 18.6. The van der Waals surface area contributed by atoms with Crippen LogP contribution < -0.4 is 4.46 Å². The van der Waals surface area contributed by atoms with Crippen molar-refractivity contribution in [2.24, 2.45) is 0 Å². The first-order valence-electron chi connectivity index (χ1n) is 6.57. The van der Waals surface area contributed by atoms with E-state index in [4.69, 9.17) is 4.74 Å². The molecule has 2 aromatic carbocycles. The summed E-state index contributed by atoms with van der Waals surface area (Å²) in [4.78, 5) is 11.3. The second-order valence-corrected chi connectivity index (χ2v) is 6.93. The third-order valence-electron chi connectivity index (χ3n) is 2.90. The molecule has 1 unspecified atom stereocenters. The summed E-state index contributed by atoms with van der Waals surface area (Å²) in [7, 11) is 0. The summed E-state index contributed by atoms with van der Waals surface area (Å²) in [5, 5.41) is 0.861. The Bertz CT molecular complexity index is 549. The van der Waals surface area contributed by atoms with Gasteiger partial charge in [-0.3, -0.25) is 0 Å². The normalized spacial score (nSPS) is 11.9. The van der Waals surface area contributed by atoms with E-state index in [1.165, 1.54) is 16.9 Å². The van der Waals surface area contributed by atoms with E-state index in [-0.39, 0.29) is 12.1 Å². The molecule has 0 bridgehead atoms. The monoisotopic (exact) mass is 334 g/mol. The third kappa shape index (κ3) is 4.52. The van der Waals surface area contributed by atoms with Crippen LogP contribution in [0, 0.1) is 6.92 Å². The Morgan fingerprint density at radius 2 is 1.75 bits per heavy atom. The van der Waals surface area contributed by atoms with E-state index in [0.717, 1.165) is 10.9 Å². The Kier molecular flexibility index (Phi) is 5.39. The van der Waals surface area contributed by atoms with Crippen molar-refractivity contribution in [1.82, 2.24) is 0 Å². The molecule has 0 aliphatic carbocycles. The van der Waals surface area contributed by atoms with E-state index < -0.39 is 0 Å². The molecule has 2 nitrogen and oxygen atoms in total. The number of hydrogen-bond acceptors (Lipinski definition) is 2. The number of esters is 1. The average molecular weight is 333 g/mol. The summed E-state index contributed by atoms with van der Waals surface area (Å²) < 4.78 is 6.80. The van der Waals surface area contributed by atoms with Crippen molar-refractivity contribution in [1.29, 1.82) is 0 Å². The zero-order valence-corrected chi connectivity index (χ0v) is 13.4. The first kappa shape index (κ1) is 14.8. The SMILES string of the molecule is CC(=O)OC(C[Se]c1ccccc1)c1ccc(C)cc1. The van der Waals surface area contributed by atoms with E-state index in [1.54, 1.807) is 0 Å². The van der Waals surface area contributed by atoms with Gasteiger partial charge >= 0.3 is 126 Å². The van der Waals surface area contributed by atoms with Crippen LogP contribution >= 0.6 is 0 Å². The number of rotatable bonds is 5. The predicted molar refractivity (Wildman–Crippen MR) is 82.3 cm³/mol. The van der Waals surface area contributed by atoms with Crippen LogP contribution in [0.4, 0.5) is 0 Å². The quantitative estimate of drug-likeness (QED) is 0.621. The number of aryl methyl sites for hydroxylation is 1. The Balaban J connectivity index is 2.07. The van der Waals surface area contributed by atoms with E-state index in [9.17, 15) is 4.79 Å². The van der Waals surface area contributed by atoms with Gasteiger partial charge in [-0.15, -0.1) is 0 Å². The fourth-order valence-corrected chi connectivity index (χ4v) is 3.87. The number of hydrogen-bond donors (Lipinski definition) is 0. The molecule has 0 radical (unpaired) electrons. The molecule has 1 atom stereocenters. The van der Waals surface area contributed by atoms with Gasteiger partial charge in [0.25, 0.3) is 0 Å². The van der Waals surface area contributed by atoms with E-state index in [2.05, 4.69) is 31.2 Å². The molecule has 0 aliphatic heterocycles. The summed E-state index contributed by atoms with van der Waals surface area (Å²) >= 11 is 0.298. The molecule has 0 amide bonds. The maximum atomic E-state index is 11.3. The van der Waals surface area contributed by atoms with Crippen LogP contribution in [-0.2, 0) is 9.53 Å². The van der Waals surface area contributed by atoms with Crippen molar-refractivity contribution >= 4 is 25.4 Å². The van der Waals surface area contributed by atoms with Crippen LogP contribution in [0.25, 0.3) is 0 Å². The van der Waals surface area contributed by atoms with Crippen LogP contribution in [0.1, 0.15) is 24.2 Å². The molecule has 0 saturated heterocycles. The van der Waals surface area contributed by atoms with Gasteiger partial charge in [-0.1, -0.05) is 0 Å². The summed E-state index contributed by atoms with van der Waals surface area (Å²) in [5.74, 6) is -0.223. The third-order valence-corrected chi connectivity index (χ3v) is 5.16. The molecule has 0 saturated carbocycles. The summed E-state index contributed by atoms with van der Waals surface area (Å²) in [5.41, 5.74) is 2.28. The van der Waals surface area contributed by atoms with Gasteiger partial charge in [0.2, 0.25) is 0 Å². The van der Waals surface area contributed by atoms with Gasteiger partial charge in [-0.2, -0.15) is 0 Å². The molecule has 104 valence electrons. The molecule has 3 heteroatoms. The van der Waals surface area contributed by atoms with Crippen LogP contribution in [0.2, 0.25) is 5.32 Å². The van der Waals surface area contributed by atoms with E-state index >= 15 is 0 Å². The maximum absolute atomic E-state index is 11.3. The van der Waals surface area contributed by atoms with Gasteiger partial charge in [0.05, 0.1) is 0 Å². The van der Waals surface area contributed by atoms with Crippen LogP contribution in [0.3, 0.4) is 0 Å². The molecular formula is C17H18O2Se. The molecule has 0 aromatic heterocycles. The van der Waals surface area contributed by atoms with Crippen molar-refractivity contribution in [3.05, 3.63) is 65.7 Å². The first-order valence-corrected chi connectivity index (χ1v) is 8.63. The fourth-order valence-electron chi connectivity index (χ4n) is 1.87.